The van der Waals surface area contributed by atoms with Gasteiger partial charge in [0.1, 0.15) is 11.9 Å². The number of methoxy groups -OCH3 is 1. The molecule has 0 unspecified atom stereocenters. The van der Waals surface area contributed by atoms with Crippen LogP contribution in [0.5, 0.6) is 11.6 Å². The Morgan fingerprint density at radius 2 is 2.04 bits per heavy atom. The van der Waals surface area contributed by atoms with Crippen molar-refractivity contribution in [3.05, 3.63) is 53.2 Å². The first-order chi connectivity index (χ1) is 13.1. The van der Waals surface area contributed by atoms with Crippen molar-refractivity contribution in [2.75, 3.05) is 13.7 Å². The van der Waals surface area contributed by atoms with Gasteiger partial charge in [-0.1, -0.05) is 6.07 Å². The first kappa shape index (κ1) is 18.7. The number of pyridine rings is 1. The molecule has 1 aliphatic carbocycles. The van der Waals surface area contributed by atoms with Gasteiger partial charge in [-0.15, -0.1) is 0 Å². The Hall–Kier alpha value is -3.09. The predicted molar refractivity (Wildman–Crippen MR) is 98.5 cm³/mol. The summed E-state index contributed by atoms with van der Waals surface area (Å²) < 4.78 is 11.0. The summed E-state index contributed by atoms with van der Waals surface area (Å²) in [5.41, 5.74) is 1.48. The zero-order chi connectivity index (χ0) is 19.2. The van der Waals surface area contributed by atoms with Crippen LogP contribution < -0.4 is 14.8 Å². The smallest absolute Gasteiger partial charge is 0.335 e. The summed E-state index contributed by atoms with van der Waals surface area (Å²) in [5, 5.41) is 11.9. The number of carbonyl (C=O) groups is 2. The van der Waals surface area contributed by atoms with Gasteiger partial charge in [-0.3, -0.25) is 4.79 Å². The number of nitrogens with zero attached hydrogens (tertiary/aromatic N) is 1. The van der Waals surface area contributed by atoms with Crippen LogP contribution in [-0.4, -0.2) is 41.7 Å². The molecule has 1 aromatic heterocycles. The van der Waals surface area contributed by atoms with Crippen molar-refractivity contribution in [1.82, 2.24) is 10.3 Å². The molecular formula is C20H22N2O5. The number of hydrogen-bond acceptors (Lipinski definition) is 5. The van der Waals surface area contributed by atoms with Crippen LogP contribution in [0.2, 0.25) is 0 Å². The van der Waals surface area contributed by atoms with Gasteiger partial charge in [0, 0.05) is 24.4 Å². The summed E-state index contributed by atoms with van der Waals surface area (Å²) in [4.78, 5) is 27.5. The molecule has 0 radical (unpaired) electrons. The van der Waals surface area contributed by atoms with Crippen molar-refractivity contribution in [3.8, 4) is 11.6 Å². The molecule has 1 saturated carbocycles. The lowest BCUT2D eigenvalue weighted by molar-refractivity contribution is 0.0696. The van der Waals surface area contributed by atoms with E-state index in [1.807, 2.05) is 0 Å². The van der Waals surface area contributed by atoms with E-state index in [1.165, 1.54) is 25.7 Å². The van der Waals surface area contributed by atoms with Gasteiger partial charge in [0.05, 0.1) is 12.7 Å². The summed E-state index contributed by atoms with van der Waals surface area (Å²) >= 11 is 0. The summed E-state index contributed by atoms with van der Waals surface area (Å²) in [6.45, 7) is 0.392. The quantitative estimate of drug-likeness (QED) is 0.741. The van der Waals surface area contributed by atoms with Crippen LogP contribution >= 0.6 is 0 Å². The Morgan fingerprint density at radius 1 is 1.22 bits per heavy atom. The van der Waals surface area contributed by atoms with Crippen LogP contribution in [0.3, 0.4) is 0 Å². The third-order valence-electron chi connectivity index (χ3n) is 4.55. The number of hydrogen-bond donors (Lipinski definition) is 2. The molecule has 1 heterocycles. The van der Waals surface area contributed by atoms with E-state index in [9.17, 15) is 9.59 Å². The maximum atomic E-state index is 12.4. The molecule has 7 nitrogen and oxygen atoms in total. The van der Waals surface area contributed by atoms with Crippen molar-refractivity contribution in [2.24, 2.45) is 0 Å². The maximum absolute atomic E-state index is 12.4. The van der Waals surface area contributed by atoms with Crippen molar-refractivity contribution < 1.29 is 24.2 Å². The summed E-state index contributed by atoms with van der Waals surface area (Å²) in [7, 11) is 1.49. The van der Waals surface area contributed by atoms with E-state index in [-0.39, 0.29) is 17.6 Å². The van der Waals surface area contributed by atoms with Gasteiger partial charge in [0.2, 0.25) is 5.88 Å². The maximum Gasteiger partial charge on any atom is 0.335 e. The van der Waals surface area contributed by atoms with Crippen LogP contribution in [0.15, 0.2) is 36.5 Å². The third-order valence-corrected chi connectivity index (χ3v) is 4.55. The first-order valence-corrected chi connectivity index (χ1v) is 8.88. The number of aromatic nitrogens is 1. The van der Waals surface area contributed by atoms with Crippen molar-refractivity contribution in [3.63, 3.8) is 0 Å². The lowest BCUT2D eigenvalue weighted by atomic mass is 9.96. The van der Waals surface area contributed by atoms with Gasteiger partial charge >= 0.3 is 5.97 Å². The van der Waals surface area contributed by atoms with E-state index in [4.69, 9.17) is 14.6 Å². The molecule has 1 aromatic carbocycles. The Bertz CT molecular complexity index is 833. The number of rotatable bonds is 8. The number of carbonyl (C=O) groups excluding carboxylic acids is 1. The molecule has 3 rings (SSSR count). The highest BCUT2D eigenvalue weighted by atomic mass is 16.5. The van der Waals surface area contributed by atoms with Gasteiger partial charge < -0.3 is 19.9 Å². The lowest BCUT2D eigenvalue weighted by Gasteiger charge is -2.25. The van der Waals surface area contributed by atoms with Crippen molar-refractivity contribution in [1.29, 1.82) is 0 Å². The second-order valence-electron chi connectivity index (χ2n) is 6.39. The first-order valence-electron chi connectivity index (χ1n) is 8.88. The molecule has 27 heavy (non-hydrogen) atoms. The Kier molecular flexibility index (Phi) is 5.90. The second kappa shape index (κ2) is 8.53. The van der Waals surface area contributed by atoms with E-state index >= 15 is 0 Å². The van der Waals surface area contributed by atoms with E-state index < -0.39 is 5.97 Å². The zero-order valence-corrected chi connectivity index (χ0v) is 15.1. The molecule has 1 aliphatic rings. The highest BCUT2D eigenvalue weighted by Crippen LogP contribution is 2.24. The Morgan fingerprint density at radius 3 is 2.70 bits per heavy atom. The number of aromatic carboxylic acids is 1. The SMILES string of the molecule is COc1cc(C(=O)O)ccc1CCNC(=O)c1ccnc(OC2CCC2)c1. The minimum absolute atomic E-state index is 0.162. The van der Waals surface area contributed by atoms with Gasteiger partial charge in [-0.25, -0.2) is 9.78 Å². The average Bonchev–Trinajstić information content (AvgIpc) is 2.65. The zero-order valence-electron chi connectivity index (χ0n) is 15.1. The molecule has 7 heteroatoms. The fourth-order valence-electron chi connectivity index (χ4n) is 2.77. The van der Waals surface area contributed by atoms with Crippen LogP contribution in [-0.2, 0) is 6.42 Å². The topological polar surface area (TPSA) is 97.8 Å². The number of nitrogens with one attached hydrogen (secondary N) is 1. The molecule has 0 spiro atoms. The fraction of sp³-hybridized carbons (Fsp3) is 0.350. The van der Waals surface area contributed by atoms with Gasteiger partial charge in [0.15, 0.2) is 0 Å². The summed E-state index contributed by atoms with van der Waals surface area (Å²) in [6, 6.07) is 7.99. The van der Waals surface area contributed by atoms with Crippen molar-refractivity contribution >= 4 is 11.9 Å². The summed E-state index contributed by atoms with van der Waals surface area (Å²) in [6.07, 6.45) is 5.52. The molecule has 1 amide bonds. The summed E-state index contributed by atoms with van der Waals surface area (Å²) in [5.74, 6) is -0.259. The number of ether oxygens (including phenoxy) is 2. The minimum Gasteiger partial charge on any atom is -0.496 e. The predicted octanol–water partition coefficient (Wildman–Crippen LogP) is 2.69. The molecule has 2 N–H and O–H groups in total. The molecule has 0 atom stereocenters. The third kappa shape index (κ3) is 4.75. The van der Waals surface area contributed by atoms with E-state index in [1.54, 1.807) is 24.4 Å². The van der Waals surface area contributed by atoms with Gasteiger partial charge in [-0.2, -0.15) is 0 Å². The Labute approximate surface area is 157 Å². The standard InChI is InChI=1S/C20H22N2O5/c1-26-17-11-15(20(24)25)6-5-13(17)7-10-22-19(23)14-8-9-21-18(12-14)27-16-3-2-4-16/h5-6,8-9,11-12,16H,2-4,7,10H2,1H3,(H,22,23)(H,24,25). The molecule has 0 saturated heterocycles. The highest BCUT2D eigenvalue weighted by molar-refractivity contribution is 5.94. The van der Waals surface area contributed by atoms with Crippen LogP contribution in [0, 0.1) is 0 Å². The van der Waals surface area contributed by atoms with Crippen LogP contribution in [0.25, 0.3) is 0 Å². The van der Waals surface area contributed by atoms with E-state index in [0.717, 1.165) is 18.4 Å². The largest absolute Gasteiger partial charge is 0.496 e. The Balaban J connectivity index is 1.56. The minimum atomic E-state index is -1.01. The van der Waals surface area contributed by atoms with E-state index in [0.29, 0.717) is 30.2 Å². The van der Waals surface area contributed by atoms with Gasteiger partial charge in [-0.05, 0) is 49.4 Å². The lowest BCUT2D eigenvalue weighted by Crippen LogP contribution is -2.27. The number of carboxylic acid groups (broad SMARTS) is 1. The second-order valence-corrected chi connectivity index (χ2v) is 6.39. The van der Waals surface area contributed by atoms with Crippen LogP contribution in [0.4, 0.5) is 0 Å². The highest BCUT2D eigenvalue weighted by Gasteiger charge is 2.20. The molecule has 2 aromatic rings. The number of benzene rings is 1. The molecule has 1 fully saturated rings. The fourth-order valence-corrected chi connectivity index (χ4v) is 2.77. The average molecular weight is 370 g/mol. The van der Waals surface area contributed by atoms with Gasteiger partial charge in [0.25, 0.3) is 5.91 Å². The molecular weight excluding hydrogens is 348 g/mol. The normalized spacial score (nSPS) is 13.5. The van der Waals surface area contributed by atoms with Crippen molar-refractivity contribution in [2.45, 2.75) is 31.8 Å². The molecule has 0 aliphatic heterocycles. The number of amides is 1. The number of carboxylic acids is 1. The molecule has 142 valence electrons. The van der Waals surface area contributed by atoms with Crippen LogP contribution in [0.1, 0.15) is 45.5 Å². The monoisotopic (exact) mass is 370 g/mol. The molecule has 0 bridgehead atoms. The van der Waals surface area contributed by atoms with E-state index in [2.05, 4.69) is 10.3 Å².